The molecular weight excluding hydrogens is 663 g/mol. The van der Waals surface area contributed by atoms with E-state index in [-0.39, 0.29) is 27.1 Å². The van der Waals surface area contributed by atoms with Crippen molar-refractivity contribution in [3.8, 4) is 55.9 Å². The molecule has 0 aliphatic heterocycles. The first-order valence-corrected chi connectivity index (χ1v) is 20.2. The summed E-state index contributed by atoms with van der Waals surface area (Å²) in [5, 5.41) is 0. The monoisotopic (exact) mass is 723 g/mol. The zero-order valence-corrected chi connectivity index (χ0v) is 35.9. The van der Waals surface area contributed by atoms with E-state index >= 15 is 0 Å². The summed E-state index contributed by atoms with van der Waals surface area (Å²) < 4.78 is 0. The van der Waals surface area contributed by atoms with Crippen LogP contribution in [0.4, 0.5) is 0 Å². The van der Waals surface area contributed by atoms with E-state index in [1.165, 1.54) is 77.9 Å². The summed E-state index contributed by atoms with van der Waals surface area (Å²) in [4.78, 5) is 5.55. The predicted octanol–water partition coefficient (Wildman–Crippen LogP) is 15.2. The van der Waals surface area contributed by atoms with E-state index in [9.17, 15) is 0 Å². The lowest BCUT2D eigenvalue weighted by Crippen LogP contribution is -2.17. The van der Waals surface area contributed by atoms with Gasteiger partial charge in [0.2, 0.25) is 0 Å². The van der Waals surface area contributed by atoms with Crippen LogP contribution in [-0.2, 0) is 27.1 Å². The molecule has 1 aliphatic rings. The topological polar surface area (TPSA) is 12.9 Å². The number of fused-ring (bicyclic) bond motifs is 3. The van der Waals surface area contributed by atoms with E-state index in [2.05, 4.69) is 212 Å². The summed E-state index contributed by atoms with van der Waals surface area (Å²) in [6.45, 7) is 32.4. The Morgan fingerprint density at radius 3 is 1.24 bits per heavy atom. The maximum atomic E-state index is 5.55. The fourth-order valence-corrected chi connectivity index (χ4v) is 8.04. The van der Waals surface area contributed by atoms with Crippen molar-refractivity contribution < 1.29 is 0 Å². The van der Waals surface area contributed by atoms with Crippen LogP contribution in [0, 0.1) is 0 Å². The number of hydrogen-bond donors (Lipinski definition) is 0. The summed E-state index contributed by atoms with van der Waals surface area (Å²) in [6, 6.07) is 44.0. The van der Waals surface area contributed by atoms with Crippen LogP contribution in [0.5, 0.6) is 0 Å². The van der Waals surface area contributed by atoms with Gasteiger partial charge in [-0.1, -0.05) is 164 Å². The average molecular weight is 724 g/mol. The normalized spacial score (nSPS) is 14.1. The molecule has 6 aromatic rings. The van der Waals surface area contributed by atoms with E-state index in [1.54, 1.807) is 0 Å². The van der Waals surface area contributed by atoms with Crippen molar-refractivity contribution in [2.75, 3.05) is 0 Å². The largest absolute Gasteiger partial charge is 0.248 e. The lowest BCUT2D eigenvalue weighted by molar-refractivity contribution is 0.568. The van der Waals surface area contributed by atoms with Crippen molar-refractivity contribution in [2.45, 2.75) is 124 Å². The SMILES string of the molecule is CC(C)(C)c1cc(-c2cc(-c3cccc(-c4ccc5c(c4)C(C)(C)c4ccccc4-5)c3)cc(-c3cc(C(C)(C)C)cc(C(C)(C)C)c3)n2)cc(C(C)(C)C)c1. The third kappa shape index (κ3) is 7.48. The molecule has 0 atom stereocenters. The minimum atomic E-state index is -0.0462. The number of pyridine rings is 1. The lowest BCUT2D eigenvalue weighted by atomic mass is 9.79. The Balaban J connectivity index is 1.44. The summed E-state index contributed by atoms with van der Waals surface area (Å²) >= 11 is 0. The van der Waals surface area contributed by atoms with Gasteiger partial charge in [0, 0.05) is 16.5 Å². The first kappa shape index (κ1) is 38.5. The van der Waals surface area contributed by atoms with Gasteiger partial charge in [0.15, 0.2) is 0 Å². The highest BCUT2D eigenvalue weighted by Gasteiger charge is 2.35. The van der Waals surface area contributed by atoms with Gasteiger partial charge in [-0.2, -0.15) is 0 Å². The third-order valence-electron chi connectivity index (χ3n) is 11.9. The van der Waals surface area contributed by atoms with E-state index in [0.29, 0.717) is 0 Å². The van der Waals surface area contributed by atoms with Gasteiger partial charge in [-0.25, -0.2) is 4.98 Å². The molecule has 55 heavy (non-hydrogen) atoms. The van der Waals surface area contributed by atoms with Crippen LogP contribution >= 0.6 is 0 Å². The molecule has 0 bridgehead atoms. The van der Waals surface area contributed by atoms with E-state index in [4.69, 9.17) is 4.98 Å². The molecule has 1 aromatic heterocycles. The number of hydrogen-bond acceptors (Lipinski definition) is 1. The van der Waals surface area contributed by atoms with Gasteiger partial charge in [0.1, 0.15) is 0 Å². The quantitative estimate of drug-likeness (QED) is 0.176. The molecule has 0 spiro atoms. The van der Waals surface area contributed by atoms with Crippen molar-refractivity contribution >= 4 is 0 Å². The molecule has 1 heterocycles. The first-order chi connectivity index (χ1) is 25.5. The summed E-state index contributed by atoms with van der Waals surface area (Å²) in [7, 11) is 0. The Labute approximate surface area is 332 Å². The number of nitrogens with zero attached hydrogens (tertiary/aromatic N) is 1. The first-order valence-electron chi connectivity index (χ1n) is 20.2. The van der Waals surface area contributed by atoms with Gasteiger partial charge >= 0.3 is 0 Å². The van der Waals surface area contributed by atoms with Gasteiger partial charge in [0.25, 0.3) is 0 Å². The van der Waals surface area contributed by atoms with Gasteiger partial charge in [0.05, 0.1) is 11.4 Å². The van der Waals surface area contributed by atoms with Crippen LogP contribution in [0.2, 0.25) is 0 Å². The molecule has 5 aromatic carbocycles. The second-order valence-electron chi connectivity index (χ2n) is 20.7. The fourth-order valence-electron chi connectivity index (χ4n) is 8.04. The van der Waals surface area contributed by atoms with Crippen molar-refractivity contribution in [3.63, 3.8) is 0 Å². The molecule has 1 heteroatoms. The van der Waals surface area contributed by atoms with E-state index < -0.39 is 0 Å². The Bertz CT molecular complexity index is 2270. The molecule has 7 rings (SSSR count). The van der Waals surface area contributed by atoms with Gasteiger partial charge < -0.3 is 0 Å². The number of benzene rings is 5. The van der Waals surface area contributed by atoms with Gasteiger partial charge in [-0.05, 0) is 137 Å². The second-order valence-corrected chi connectivity index (χ2v) is 20.7. The van der Waals surface area contributed by atoms with E-state index in [1.807, 2.05) is 0 Å². The predicted molar refractivity (Wildman–Crippen MR) is 238 cm³/mol. The number of rotatable bonds is 4. The highest BCUT2D eigenvalue weighted by molar-refractivity contribution is 5.85. The van der Waals surface area contributed by atoms with Crippen molar-refractivity contribution in [3.05, 3.63) is 149 Å². The Hall–Kier alpha value is -4.75. The van der Waals surface area contributed by atoms with Crippen molar-refractivity contribution in [2.24, 2.45) is 0 Å². The maximum absolute atomic E-state index is 5.55. The molecule has 0 saturated heterocycles. The van der Waals surface area contributed by atoms with Gasteiger partial charge in [-0.15, -0.1) is 0 Å². The Morgan fingerprint density at radius 2 is 0.764 bits per heavy atom. The van der Waals surface area contributed by atoms with E-state index in [0.717, 1.165) is 11.4 Å². The Morgan fingerprint density at radius 1 is 0.345 bits per heavy atom. The lowest BCUT2D eigenvalue weighted by Gasteiger charge is -2.27. The zero-order valence-electron chi connectivity index (χ0n) is 35.9. The van der Waals surface area contributed by atoms with Crippen molar-refractivity contribution in [1.29, 1.82) is 0 Å². The molecule has 0 saturated carbocycles. The summed E-state index contributed by atoms with van der Waals surface area (Å²) in [5.74, 6) is 0. The third-order valence-corrected chi connectivity index (χ3v) is 11.9. The highest BCUT2D eigenvalue weighted by Crippen LogP contribution is 2.49. The van der Waals surface area contributed by atoms with Crippen LogP contribution in [0.15, 0.2) is 115 Å². The molecule has 282 valence electrons. The van der Waals surface area contributed by atoms with Crippen LogP contribution in [0.1, 0.15) is 130 Å². The number of aromatic nitrogens is 1. The standard InChI is InChI=1S/C54H61N/c1-50(2,3)40-25-38(26-41(32-40)51(4,5)6)48-30-37(31-49(55-48)39-27-42(52(7,8)9)33-43(28-39)53(10,11)12)35-19-17-18-34(24-35)36-22-23-45-44-20-15-16-21-46(44)54(13,14)47(45)29-36/h15-33H,1-14H3. The molecule has 0 radical (unpaired) electrons. The highest BCUT2D eigenvalue weighted by atomic mass is 14.7. The van der Waals surface area contributed by atoms with Crippen LogP contribution in [-0.4, -0.2) is 4.98 Å². The average Bonchev–Trinajstić information content (AvgIpc) is 3.35. The van der Waals surface area contributed by atoms with Gasteiger partial charge in [-0.3, -0.25) is 0 Å². The smallest absolute Gasteiger partial charge is 0.0715 e. The molecule has 0 amide bonds. The fraction of sp³-hybridized carbons (Fsp3) is 0.352. The second kappa shape index (κ2) is 13.2. The molecule has 0 unspecified atom stereocenters. The van der Waals surface area contributed by atoms with Crippen molar-refractivity contribution in [1.82, 2.24) is 4.98 Å². The van der Waals surface area contributed by atoms with Crippen LogP contribution in [0.3, 0.4) is 0 Å². The summed E-state index contributed by atoms with van der Waals surface area (Å²) in [5.41, 5.74) is 20.0. The van der Waals surface area contributed by atoms with Crippen LogP contribution in [0.25, 0.3) is 55.9 Å². The minimum Gasteiger partial charge on any atom is -0.248 e. The molecule has 1 nitrogen and oxygen atoms in total. The zero-order chi connectivity index (χ0) is 39.9. The Kier molecular flexibility index (Phi) is 9.24. The van der Waals surface area contributed by atoms with Crippen LogP contribution < -0.4 is 0 Å². The maximum Gasteiger partial charge on any atom is 0.0715 e. The molecule has 0 fully saturated rings. The molecule has 1 aliphatic carbocycles. The minimum absolute atomic E-state index is 0.000767. The molecular formula is C54H61N. The summed E-state index contributed by atoms with van der Waals surface area (Å²) in [6.07, 6.45) is 0. The molecule has 0 N–H and O–H groups in total.